The third-order valence-corrected chi connectivity index (χ3v) is 4.98. The first-order chi connectivity index (χ1) is 9.35. The summed E-state index contributed by atoms with van der Waals surface area (Å²) >= 11 is 1.86. The van der Waals surface area contributed by atoms with Crippen LogP contribution in [0.4, 0.5) is 0 Å². The van der Waals surface area contributed by atoms with Crippen molar-refractivity contribution in [3.63, 3.8) is 0 Å². The van der Waals surface area contributed by atoms with Crippen molar-refractivity contribution in [1.82, 2.24) is 5.32 Å². The molecular formula is C17H21NS. The molecule has 0 bridgehead atoms. The van der Waals surface area contributed by atoms with E-state index in [0.29, 0.717) is 6.04 Å². The summed E-state index contributed by atoms with van der Waals surface area (Å²) in [6.45, 7) is 0. The van der Waals surface area contributed by atoms with Gasteiger partial charge in [0.15, 0.2) is 0 Å². The Hall–Kier alpha value is -1.12. The fourth-order valence-electron chi connectivity index (χ4n) is 2.98. The summed E-state index contributed by atoms with van der Waals surface area (Å²) in [6, 6.07) is 12.0. The monoisotopic (exact) mass is 271 g/mol. The zero-order valence-corrected chi connectivity index (χ0v) is 12.3. The number of benzene rings is 1. The minimum absolute atomic E-state index is 0.540. The summed E-state index contributed by atoms with van der Waals surface area (Å²) in [5.74, 6) is 0. The fraction of sp³-hybridized carbons (Fsp3) is 0.412. The molecule has 0 radical (unpaired) electrons. The van der Waals surface area contributed by atoms with E-state index in [4.69, 9.17) is 0 Å². The Morgan fingerprint density at radius 2 is 2.05 bits per heavy atom. The minimum atomic E-state index is 0.540. The molecule has 1 aromatic heterocycles. The zero-order valence-electron chi connectivity index (χ0n) is 11.5. The lowest BCUT2D eigenvalue weighted by atomic mass is 9.99. The van der Waals surface area contributed by atoms with Crippen LogP contribution in [0.3, 0.4) is 0 Å². The first kappa shape index (κ1) is 12.9. The quantitative estimate of drug-likeness (QED) is 0.876. The molecule has 0 aliphatic heterocycles. The summed E-state index contributed by atoms with van der Waals surface area (Å²) in [5, 5.41) is 5.63. The molecule has 1 heterocycles. The average Bonchev–Trinajstić information content (AvgIpc) is 3.08. The molecule has 19 heavy (non-hydrogen) atoms. The van der Waals surface area contributed by atoms with Gasteiger partial charge in [0, 0.05) is 10.9 Å². The number of likely N-dealkylation sites (N-methyl/N-ethyl adjacent to an activating group) is 1. The largest absolute Gasteiger partial charge is 0.316 e. The highest BCUT2D eigenvalue weighted by Crippen LogP contribution is 2.23. The third kappa shape index (κ3) is 3.07. The van der Waals surface area contributed by atoms with Crippen LogP contribution < -0.4 is 5.32 Å². The van der Waals surface area contributed by atoms with Crippen LogP contribution in [0.15, 0.2) is 35.7 Å². The molecule has 100 valence electrons. The normalized spacial score (nSPS) is 15.4. The van der Waals surface area contributed by atoms with Crippen molar-refractivity contribution >= 4 is 11.3 Å². The number of fused-ring (bicyclic) bond motifs is 1. The van der Waals surface area contributed by atoms with Gasteiger partial charge in [-0.3, -0.25) is 0 Å². The van der Waals surface area contributed by atoms with E-state index in [1.165, 1.54) is 29.7 Å². The minimum Gasteiger partial charge on any atom is -0.316 e. The number of rotatable bonds is 5. The van der Waals surface area contributed by atoms with E-state index in [1.807, 2.05) is 11.3 Å². The van der Waals surface area contributed by atoms with E-state index >= 15 is 0 Å². The molecule has 1 aliphatic carbocycles. The standard InChI is InChI=1S/C17H21NS/c1-18-16(12-17-6-3-9-19-17)11-13-7-8-14-4-2-5-15(14)10-13/h3,6-10,16,18H,2,4-5,11-12H2,1H3. The van der Waals surface area contributed by atoms with E-state index in [9.17, 15) is 0 Å². The molecule has 0 saturated carbocycles. The summed E-state index contributed by atoms with van der Waals surface area (Å²) in [6.07, 6.45) is 6.15. The van der Waals surface area contributed by atoms with Gasteiger partial charge in [-0.05, 0) is 67.3 Å². The van der Waals surface area contributed by atoms with Crippen LogP contribution in [0.1, 0.15) is 28.0 Å². The highest BCUT2D eigenvalue weighted by atomic mass is 32.1. The molecule has 0 amide bonds. The number of hydrogen-bond donors (Lipinski definition) is 1. The molecule has 0 spiro atoms. The molecular weight excluding hydrogens is 250 g/mol. The van der Waals surface area contributed by atoms with E-state index < -0.39 is 0 Å². The topological polar surface area (TPSA) is 12.0 Å². The van der Waals surface area contributed by atoms with Crippen LogP contribution in [-0.2, 0) is 25.7 Å². The van der Waals surface area contributed by atoms with Crippen LogP contribution in [0.5, 0.6) is 0 Å². The first-order valence-corrected chi connectivity index (χ1v) is 8.03. The second-order valence-corrected chi connectivity index (χ2v) is 6.46. The van der Waals surface area contributed by atoms with Crippen LogP contribution in [0, 0.1) is 0 Å². The van der Waals surface area contributed by atoms with Crippen LogP contribution in [0.2, 0.25) is 0 Å². The van der Waals surface area contributed by atoms with Crippen molar-refractivity contribution in [1.29, 1.82) is 0 Å². The molecule has 1 unspecified atom stereocenters. The molecule has 1 aliphatic rings. The Morgan fingerprint density at radius 3 is 2.84 bits per heavy atom. The van der Waals surface area contributed by atoms with Crippen molar-refractivity contribution in [3.8, 4) is 0 Å². The van der Waals surface area contributed by atoms with Crippen molar-refractivity contribution < 1.29 is 0 Å². The molecule has 2 heteroatoms. The number of hydrogen-bond acceptors (Lipinski definition) is 2. The second-order valence-electron chi connectivity index (χ2n) is 5.43. The number of thiophene rings is 1. The zero-order chi connectivity index (χ0) is 13.1. The smallest absolute Gasteiger partial charge is 0.0153 e. The highest BCUT2D eigenvalue weighted by Gasteiger charge is 2.13. The molecule has 0 fully saturated rings. The van der Waals surface area contributed by atoms with Crippen LogP contribution in [0.25, 0.3) is 0 Å². The van der Waals surface area contributed by atoms with Gasteiger partial charge in [-0.25, -0.2) is 0 Å². The molecule has 2 aromatic rings. The molecule has 0 saturated heterocycles. The summed E-state index contributed by atoms with van der Waals surface area (Å²) < 4.78 is 0. The predicted molar refractivity (Wildman–Crippen MR) is 83.0 cm³/mol. The maximum absolute atomic E-state index is 3.46. The van der Waals surface area contributed by atoms with Crippen molar-refractivity contribution in [2.24, 2.45) is 0 Å². The van der Waals surface area contributed by atoms with Gasteiger partial charge < -0.3 is 5.32 Å². The Bertz CT molecular complexity index is 530. The number of nitrogens with one attached hydrogen (secondary N) is 1. The molecule has 1 atom stereocenters. The Balaban J connectivity index is 1.68. The van der Waals surface area contributed by atoms with Crippen molar-refractivity contribution in [3.05, 3.63) is 57.3 Å². The van der Waals surface area contributed by atoms with E-state index in [0.717, 1.165) is 12.8 Å². The van der Waals surface area contributed by atoms with Gasteiger partial charge in [0.1, 0.15) is 0 Å². The van der Waals surface area contributed by atoms with Gasteiger partial charge in [0.05, 0.1) is 0 Å². The SMILES string of the molecule is CNC(Cc1ccc2c(c1)CCC2)Cc1cccs1. The van der Waals surface area contributed by atoms with Crippen molar-refractivity contribution in [2.75, 3.05) is 7.05 Å². The predicted octanol–water partition coefficient (Wildman–Crippen LogP) is 3.61. The van der Waals surface area contributed by atoms with Gasteiger partial charge in [-0.15, -0.1) is 11.3 Å². The highest BCUT2D eigenvalue weighted by molar-refractivity contribution is 7.09. The Morgan fingerprint density at radius 1 is 1.16 bits per heavy atom. The Kier molecular flexibility index (Phi) is 4.00. The first-order valence-electron chi connectivity index (χ1n) is 7.15. The summed E-state index contributed by atoms with van der Waals surface area (Å²) in [5.41, 5.74) is 4.64. The van der Waals surface area contributed by atoms with Crippen molar-refractivity contribution in [2.45, 2.75) is 38.1 Å². The van der Waals surface area contributed by atoms with Gasteiger partial charge in [0.2, 0.25) is 0 Å². The Labute approximate surface area is 119 Å². The third-order valence-electron chi connectivity index (χ3n) is 4.08. The lowest BCUT2D eigenvalue weighted by Crippen LogP contribution is -2.29. The van der Waals surface area contributed by atoms with E-state index in [2.05, 4.69) is 48.1 Å². The molecule has 3 rings (SSSR count). The second kappa shape index (κ2) is 5.89. The van der Waals surface area contributed by atoms with Crippen LogP contribution in [-0.4, -0.2) is 13.1 Å². The van der Waals surface area contributed by atoms with Crippen LogP contribution >= 0.6 is 11.3 Å². The number of aryl methyl sites for hydroxylation is 2. The van der Waals surface area contributed by atoms with Gasteiger partial charge in [-0.1, -0.05) is 24.3 Å². The lowest BCUT2D eigenvalue weighted by molar-refractivity contribution is 0.560. The summed E-state index contributed by atoms with van der Waals surface area (Å²) in [7, 11) is 2.08. The van der Waals surface area contributed by atoms with Gasteiger partial charge in [0.25, 0.3) is 0 Å². The maximum atomic E-state index is 3.46. The fourth-order valence-corrected chi connectivity index (χ4v) is 3.77. The molecule has 1 nitrogen and oxygen atoms in total. The average molecular weight is 271 g/mol. The van der Waals surface area contributed by atoms with Gasteiger partial charge in [-0.2, -0.15) is 0 Å². The summed E-state index contributed by atoms with van der Waals surface area (Å²) in [4.78, 5) is 1.47. The van der Waals surface area contributed by atoms with Gasteiger partial charge >= 0.3 is 0 Å². The molecule has 1 aromatic carbocycles. The van der Waals surface area contributed by atoms with E-state index in [-0.39, 0.29) is 0 Å². The molecule has 1 N–H and O–H groups in total. The van der Waals surface area contributed by atoms with E-state index in [1.54, 1.807) is 11.1 Å². The lowest BCUT2D eigenvalue weighted by Gasteiger charge is -2.16. The maximum Gasteiger partial charge on any atom is 0.0153 e.